The van der Waals surface area contributed by atoms with Crippen LogP contribution in [0.25, 0.3) is 0 Å². The van der Waals surface area contributed by atoms with Crippen LogP contribution >= 0.6 is 39.1 Å². The minimum Gasteiger partial charge on any atom is -0.383 e. The Morgan fingerprint density at radius 3 is 2.57 bits per heavy atom. The average molecular weight is 513 g/mol. The number of carbonyl (C=O) groups is 1. The van der Waals surface area contributed by atoms with Crippen LogP contribution < -0.4 is 4.90 Å². The van der Waals surface area contributed by atoms with Gasteiger partial charge < -0.3 is 9.30 Å². The largest absolute Gasteiger partial charge is 0.383 e. The Morgan fingerprint density at radius 2 is 1.93 bits per heavy atom. The van der Waals surface area contributed by atoms with Crippen molar-refractivity contribution in [1.82, 2.24) is 9.55 Å². The quantitative estimate of drug-likeness (QED) is 0.418. The first kappa shape index (κ1) is 21.3. The van der Waals surface area contributed by atoms with Gasteiger partial charge in [0.1, 0.15) is 11.9 Å². The number of aromatic nitrogens is 2. The number of fused-ring (bicyclic) bond motifs is 1. The summed E-state index contributed by atoms with van der Waals surface area (Å²) >= 11 is 15.6. The molecule has 0 N–H and O–H groups in total. The Kier molecular flexibility index (Phi) is 5.90. The Labute approximate surface area is 191 Å². The second-order valence-corrected chi connectivity index (χ2v) is 8.57. The first-order valence-corrected chi connectivity index (χ1v) is 10.7. The number of hydrogen-bond acceptors (Lipinski definition) is 3. The molecule has 2 heterocycles. The van der Waals surface area contributed by atoms with E-state index in [1.165, 1.54) is 18.2 Å². The van der Waals surface area contributed by atoms with Crippen molar-refractivity contribution < 1.29 is 13.9 Å². The van der Waals surface area contributed by atoms with Crippen molar-refractivity contribution >= 4 is 50.7 Å². The highest BCUT2D eigenvalue weighted by atomic mass is 79.9. The normalized spacial score (nSPS) is 16.8. The van der Waals surface area contributed by atoms with Crippen LogP contribution in [0.2, 0.25) is 10.0 Å². The zero-order chi connectivity index (χ0) is 21.6. The molecule has 0 saturated heterocycles. The van der Waals surface area contributed by atoms with Gasteiger partial charge >= 0.3 is 0 Å². The molecule has 1 aromatic heterocycles. The lowest BCUT2D eigenvalue weighted by Crippen LogP contribution is -2.30. The van der Waals surface area contributed by atoms with Gasteiger partial charge in [-0.25, -0.2) is 9.37 Å². The number of nitrogens with zero attached hydrogens (tertiary/aromatic N) is 3. The SMILES string of the molecule is COCC(C)n1c(Br)nc2c1C(c1ccc(Cl)cc1)N(c1ccc(F)c(Cl)c1)C2=O. The molecule has 0 bridgehead atoms. The summed E-state index contributed by atoms with van der Waals surface area (Å²) in [6, 6.07) is 10.9. The van der Waals surface area contributed by atoms with E-state index in [1.54, 1.807) is 24.1 Å². The van der Waals surface area contributed by atoms with Crippen molar-refractivity contribution in [2.75, 3.05) is 18.6 Å². The van der Waals surface area contributed by atoms with Crippen LogP contribution in [-0.4, -0.2) is 29.2 Å². The third-order valence-corrected chi connectivity index (χ3v) is 6.16. The number of rotatable bonds is 5. The zero-order valence-corrected chi connectivity index (χ0v) is 19.2. The van der Waals surface area contributed by atoms with E-state index in [1.807, 2.05) is 23.6 Å². The molecule has 4 rings (SSSR count). The highest BCUT2D eigenvalue weighted by Gasteiger charge is 2.44. The van der Waals surface area contributed by atoms with Gasteiger partial charge in [-0.1, -0.05) is 35.3 Å². The Hall–Kier alpha value is -1.93. The maximum atomic E-state index is 13.8. The zero-order valence-electron chi connectivity index (χ0n) is 16.1. The monoisotopic (exact) mass is 511 g/mol. The number of halogens is 4. The first-order chi connectivity index (χ1) is 14.3. The Bertz CT molecular complexity index is 1120. The minimum absolute atomic E-state index is 0.0588. The maximum Gasteiger partial charge on any atom is 0.279 e. The van der Waals surface area contributed by atoms with E-state index >= 15 is 0 Å². The molecule has 5 nitrogen and oxygen atoms in total. The number of ether oxygens (including phenoxy) is 1. The molecular formula is C21H17BrCl2FN3O2. The third-order valence-electron chi connectivity index (χ3n) is 5.06. The highest BCUT2D eigenvalue weighted by molar-refractivity contribution is 9.10. The van der Waals surface area contributed by atoms with Crippen LogP contribution in [0.4, 0.5) is 10.1 Å². The molecule has 9 heteroatoms. The van der Waals surface area contributed by atoms with Gasteiger partial charge in [-0.05, 0) is 58.7 Å². The molecule has 30 heavy (non-hydrogen) atoms. The van der Waals surface area contributed by atoms with E-state index < -0.39 is 11.9 Å². The molecule has 0 spiro atoms. The summed E-state index contributed by atoms with van der Waals surface area (Å²) in [7, 11) is 1.62. The molecule has 2 unspecified atom stereocenters. The molecule has 0 aliphatic carbocycles. The van der Waals surface area contributed by atoms with E-state index in [0.29, 0.717) is 27.7 Å². The van der Waals surface area contributed by atoms with Crippen molar-refractivity contribution in [2.24, 2.45) is 0 Å². The maximum absolute atomic E-state index is 13.8. The fourth-order valence-corrected chi connectivity index (χ4v) is 4.80. The van der Waals surface area contributed by atoms with Gasteiger partial charge in [0.25, 0.3) is 5.91 Å². The lowest BCUT2D eigenvalue weighted by molar-refractivity contribution is 0.0989. The fourth-order valence-electron chi connectivity index (χ4n) is 3.78. The summed E-state index contributed by atoms with van der Waals surface area (Å²) in [6.07, 6.45) is 0. The number of carbonyl (C=O) groups excluding carboxylic acids is 1. The summed E-state index contributed by atoms with van der Waals surface area (Å²) in [4.78, 5) is 19.5. The van der Waals surface area contributed by atoms with Gasteiger partial charge in [0.2, 0.25) is 0 Å². The van der Waals surface area contributed by atoms with Gasteiger partial charge in [-0.15, -0.1) is 0 Å². The summed E-state index contributed by atoms with van der Waals surface area (Å²) in [5.41, 5.74) is 2.36. The molecule has 1 aliphatic heterocycles. The predicted molar refractivity (Wildman–Crippen MR) is 118 cm³/mol. The van der Waals surface area contributed by atoms with Gasteiger partial charge in [-0.2, -0.15) is 0 Å². The lowest BCUT2D eigenvalue weighted by Gasteiger charge is -2.28. The summed E-state index contributed by atoms with van der Waals surface area (Å²) in [6.45, 7) is 2.42. The number of amides is 1. The second kappa shape index (κ2) is 8.30. The number of hydrogen-bond donors (Lipinski definition) is 0. The first-order valence-electron chi connectivity index (χ1n) is 9.14. The van der Waals surface area contributed by atoms with Crippen LogP contribution in [-0.2, 0) is 4.74 Å². The number of anilines is 1. The molecule has 0 fully saturated rings. The van der Waals surface area contributed by atoms with Gasteiger partial charge in [0, 0.05) is 17.8 Å². The van der Waals surface area contributed by atoms with Gasteiger partial charge in [-0.3, -0.25) is 9.69 Å². The Morgan fingerprint density at radius 1 is 1.23 bits per heavy atom. The van der Waals surface area contributed by atoms with Crippen molar-refractivity contribution in [3.05, 3.63) is 80.0 Å². The standard InChI is InChI=1S/C21H17BrCl2FN3O2/c1-11(10-30-2)27-19-17(26-21(27)22)20(29)28(14-7-8-16(25)15(24)9-14)18(19)12-3-5-13(23)6-4-12/h3-9,11,18H,10H2,1-2H3. The van der Waals surface area contributed by atoms with Crippen molar-refractivity contribution in [3.8, 4) is 0 Å². The van der Waals surface area contributed by atoms with Crippen LogP contribution in [0.15, 0.2) is 47.2 Å². The molecule has 0 saturated carbocycles. The van der Waals surface area contributed by atoms with E-state index in [2.05, 4.69) is 20.9 Å². The van der Waals surface area contributed by atoms with E-state index in [0.717, 1.165) is 11.3 Å². The molecule has 1 amide bonds. The van der Waals surface area contributed by atoms with Crippen molar-refractivity contribution in [1.29, 1.82) is 0 Å². The van der Waals surface area contributed by atoms with Crippen LogP contribution in [0.5, 0.6) is 0 Å². The van der Waals surface area contributed by atoms with Crippen LogP contribution in [0.3, 0.4) is 0 Å². The molecule has 156 valence electrons. The van der Waals surface area contributed by atoms with E-state index in [-0.39, 0.29) is 17.0 Å². The average Bonchev–Trinajstić information content (AvgIpc) is 3.18. The van der Waals surface area contributed by atoms with Gasteiger partial charge in [0.15, 0.2) is 10.4 Å². The molecular weight excluding hydrogens is 496 g/mol. The summed E-state index contributed by atoms with van der Waals surface area (Å²) in [5, 5.41) is 0.526. The third kappa shape index (κ3) is 3.54. The molecule has 3 aromatic rings. The smallest absolute Gasteiger partial charge is 0.279 e. The van der Waals surface area contributed by atoms with Gasteiger partial charge in [0.05, 0.1) is 23.4 Å². The van der Waals surface area contributed by atoms with E-state index in [4.69, 9.17) is 27.9 Å². The van der Waals surface area contributed by atoms with Crippen LogP contribution in [0, 0.1) is 5.82 Å². The minimum atomic E-state index is -0.549. The van der Waals surface area contributed by atoms with E-state index in [9.17, 15) is 9.18 Å². The molecule has 2 aromatic carbocycles. The number of benzene rings is 2. The fraction of sp³-hybridized carbons (Fsp3) is 0.238. The topological polar surface area (TPSA) is 47.4 Å². The second-order valence-electron chi connectivity index (χ2n) is 7.02. The van der Waals surface area contributed by atoms with Crippen molar-refractivity contribution in [3.63, 3.8) is 0 Å². The van der Waals surface area contributed by atoms with Crippen LogP contribution in [0.1, 0.15) is 40.8 Å². The highest BCUT2D eigenvalue weighted by Crippen LogP contribution is 2.44. The number of methoxy groups -OCH3 is 1. The molecule has 1 aliphatic rings. The number of imidazole rings is 1. The van der Waals surface area contributed by atoms with Crippen molar-refractivity contribution in [2.45, 2.75) is 19.0 Å². The molecule has 2 atom stereocenters. The summed E-state index contributed by atoms with van der Waals surface area (Å²) < 4.78 is 21.6. The molecule has 0 radical (unpaired) electrons. The Balaban J connectivity index is 1.93. The predicted octanol–water partition coefficient (Wildman–Crippen LogP) is 6.05. The summed E-state index contributed by atoms with van der Waals surface area (Å²) in [5.74, 6) is -0.844. The lowest BCUT2D eigenvalue weighted by atomic mass is 10.0.